The van der Waals surface area contributed by atoms with E-state index in [0.717, 1.165) is 0 Å². The Bertz CT molecular complexity index is 882. The first kappa shape index (κ1) is 14.2. The van der Waals surface area contributed by atoms with Gasteiger partial charge in [-0.05, 0) is 42.0 Å². The Morgan fingerprint density at radius 3 is 2.50 bits per heavy atom. The summed E-state index contributed by atoms with van der Waals surface area (Å²) in [6.45, 7) is -0.114. The molecule has 3 aromatic rings. The summed E-state index contributed by atoms with van der Waals surface area (Å²) in [6, 6.07) is 12.0. The molecule has 0 saturated carbocycles. The zero-order chi connectivity index (χ0) is 15.7. The van der Waals surface area contributed by atoms with E-state index < -0.39 is 5.43 Å². The molecule has 0 atom stereocenters. The van der Waals surface area contributed by atoms with Crippen LogP contribution < -0.4 is 10.2 Å². The van der Waals surface area contributed by atoms with E-state index in [1.165, 1.54) is 0 Å². The molecular formula is C17H15NO4. The van der Waals surface area contributed by atoms with Gasteiger partial charge < -0.3 is 19.9 Å². The number of benzene rings is 2. The molecule has 0 aliphatic rings. The lowest BCUT2D eigenvalue weighted by atomic mass is 10.1. The second-order valence-corrected chi connectivity index (χ2v) is 4.94. The van der Waals surface area contributed by atoms with Gasteiger partial charge in [0.15, 0.2) is 5.75 Å². The summed E-state index contributed by atoms with van der Waals surface area (Å²) in [5.74, 6) is 0.364. The molecule has 0 fully saturated rings. The van der Waals surface area contributed by atoms with Crippen molar-refractivity contribution in [3.63, 3.8) is 0 Å². The summed E-state index contributed by atoms with van der Waals surface area (Å²) in [5.41, 5.74) is 1.83. The van der Waals surface area contributed by atoms with E-state index in [1.54, 1.807) is 49.6 Å². The van der Waals surface area contributed by atoms with Gasteiger partial charge in [-0.2, -0.15) is 0 Å². The number of aromatic amines is 1. The van der Waals surface area contributed by atoms with Crippen LogP contribution in [0.15, 0.2) is 47.3 Å². The van der Waals surface area contributed by atoms with E-state index in [-0.39, 0.29) is 12.4 Å². The number of hydrogen-bond donors (Lipinski definition) is 3. The number of methoxy groups -OCH3 is 1. The fourth-order valence-corrected chi connectivity index (χ4v) is 2.39. The van der Waals surface area contributed by atoms with E-state index in [2.05, 4.69) is 4.98 Å². The average Bonchev–Trinajstić information content (AvgIpc) is 2.57. The van der Waals surface area contributed by atoms with Gasteiger partial charge >= 0.3 is 0 Å². The van der Waals surface area contributed by atoms with E-state index in [1.807, 2.05) is 0 Å². The van der Waals surface area contributed by atoms with Crippen LogP contribution in [0.1, 0.15) is 5.56 Å². The highest BCUT2D eigenvalue weighted by atomic mass is 16.5. The molecule has 0 radical (unpaired) electrons. The van der Waals surface area contributed by atoms with E-state index >= 15 is 0 Å². The fraction of sp³-hybridized carbons (Fsp3) is 0.118. The SMILES string of the molecule is COc1ccc(-c2[nH]c3cc(CO)ccc3c(=O)c2O)cc1. The predicted octanol–water partition coefficient (Wildman–Crippen LogP) is 2.40. The molecule has 112 valence electrons. The van der Waals surface area contributed by atoms with Gasteiger partial charge in [0.1, 0.15) is 5.75 Å². The average molecular weight is 297 g/mol. The van der Waals surface area contributed by atoms with Crippen LogP contribution in [-0.2, 0) is 6.61 Å². The van der Waals surface area contributed by atoms with Gasteiger partial charge in [-0.1, -0.05) is 6.07 Å². The van der Waals surface area contributed by atoms with Gasteiger partial charge in [0.05, 0.1) is 24.9 Å². The standard InChI is InChI=1S/C17H15NO4/c1-22-12-5-3-11(4-6-12)15-17(21)16(20)13-7-2-10(9-19)8-14(13)18-15/h2-8,19,21H,9H2,1H3,(H,18,20). The van der Waals surface area contributed by atoms with Gasteiger partial charge in [0.2, 0.25) is 5.43 Å². The van der Waals surface area contributed by atoms with Gasteiger partial charge in [0, 0.05) is 10.9 Å². The Kier molecular flexibility index (Phi) is 3.56. The van der Waals surface area contributed by atoms with Crippen molar-refractivity contribution in [1.82, 2.24) is 4.98 Å². The highest BCUT2D eigenvalue weighted by molar-refractivity contribution is 5.85. The van der Waals surface area contributed by atoms with Crippen molar-refractivity contribution in [1.29, 1.82) is 0 Å². The minimum atomic E-state index is -0.441. The third-order valence-corrected chi connectivity index (χ3v) is 3.60. The number of H-pyrrole nitrogens is 1. The van der Waals surface area contributed by atoms with Gasteiger partial charge in [-0.25, -0.2) is 0 Å². The minimum absolute atomic E-state index is 0.114. The Hall–Kier alpha value is -2.79. The van der Waals surface area contributed by atoms with Crippen LogP contribution in [0.5, 0.6) is 11.5 Å². The molecule has 0 saturated heterocycles. The molecule has 0 bridgehead atoms. The second-order valence-electron chi connectivity index (χ2n) is 4.94. The molecule has 22 heavy (non-hydrogen) atoms. The first-order chi connectivity index (χ1) is 10.6. The van der Waals surface area contributed by atoms with Crippen molar-refractivity contribution in [3.8, 4) is 22.8 Å². The first-order valence-corrected chi connectivity index (χ1v) is 6.77. The number of rotatable bonds is 3. The van der Waals surface area contributed by atoms with Crippen LogP contribution >= 0.6 is 0 Å². The van der Waals surface area contributed by atoms with Gasteiger partial charge in [-0.3, -0.25) is 4.79 Å². The van der Waals surface area contributed by atoms with E-state index in [4.69, 9.17) is 4.74 Å². The predicted molar refractivity (Wildman–Crippen MR) is 84.1 cm³/mol. The van der Waals surface area contributed by atoms with Crippen LogP contribution in [0, 0.1) is 0 Å². The zero-order valence-corrected chi connectivity index (χ0v) is 12.0. The van der Waals surface area contributed by atoms with Crippen molar-refractivity contribution < 1.29 is 14.9 Å². The topological polar surface area (TPSA) is 82.5 Å². The summed E-state index contributed by atoms with van der Waals surface area (Å²) >= 11 is 0. The fourth-order valence-electron chi connectivity index (χ4n) is 2.39. The molecule has 3 N–H and O–H groups in total. The maximum atomic E-state index is 12.3. The summed E-state index contributed by atoms with van der Waals surface area (Å²) in [7, 11) is 1.57. The van der Waals surface area contributed by atoms with Gasteiger partial charge in [0.25, 0.3) is 0 Å². The smallest absolute Gasteiger partial charge is 0.231 e. The number of aromatic hydroxyl groups is 1. The summed E-state index contributed by atoms with van der Waals surface area (Å²) in [5, 5.41) is 19.8. The summed E-state index contributed by atoms with van der Waals surface area (Å²) in [4.78, 5) is 15.4. The first-order valence-electron chi connectivity index (χ1n) is 6.77. The summed E-state index contributed by atoms with van der Waals surface area (Å²) in [6.07, 6.45) is 0. The maximum Gasteiger partial charge on any atom is 0.231 e. The molecule has 0 unspecified atom stereocenters. The Balaban J connectivity index is 2.24. The number of aliphatic hydroxyl groups excluding tert-OH is 1. The minimum Gasteiger partial charge on any atom is -0.503 e. The molecule has 5 nitrogen and oxygen atoms in total. The molecule has 0 spiro atoms. The highest BCUT2D eigenvalue weighted by Crippen LogP contribution is 2.28. The third kappa shape index (κ3) is 2.31. The maximum absolute atomic E-state index is 12.3. The highest BCUT2D eigenvalue weighted by Gasteiger charge is 2.13. The van der Waals surface area contributed by atoms with Crippen molar-refractivity contribution in [2.24, 2.45) is 0 Å². The van der Waals surface area contributed by atoms with Crippen LogP contribution in [0.2, 0.25) is 0 Å². The molecule has 2 aromatic carbocycles. The number of nitrogens with one attached hydrogen (secondary N) is 1. The molecular weight excluding hydrogens is 282 g/mol. The van der Waals surface area contributed by atoms with Crippen molar-refractivity contribution in [2.45, 2.75) is 6.61 Å². The number of pyridine rings is 1. The lowest BCUT2D eigenvalue weighted by Gasteiger charge is -2.09. The van der Waals surface area contributed by atoms with E-state index in [0.29, 0.717) is 33.5 Å². The number of aliphatic hydroxyl groups is 1. The molecule has 0 aliphatic heterocycles. The molecule has 1 aromatic heterocycles. The van der Waals surface area contributed by atoms with Crippen molar-refractivity contribution in [3.05, 3.63) is 58.3 Å². The number of fused-ring (bicyclic) bond motifs is 1. The lowest BCUT2D eigenvalue weighted by molar-refractivity contribution is 0.282. The van der Waals surface area contributed by atoms with Crippen LogP contribution in [0.3, 0.4) is 0 Å². The number of hydrogen-bond acceptors (Lipinski definition) is 4. The zero-order valence-electron chi connectivity index (χ0n) is 12.0. The van der Waals surface area contributed by atoms with Crippen molar-refractivity contribution >= 4 is 10.9 Å². The lowest BCUT2D eigenvalue weighted by Crippen LogP contribution is -2.05. The normalized spacial score (nSPS) is 10.8. The Morgan fingerprint density at radius 2 is 1.86 bits per heavy atom. The molecule has 3 rings (SSSR count). The quantitative estimate of drug-likeness (QED) is 0.693. The monoisotopic (exact) mass is 297 g/mol. The molecule has 0 amide bonds. The number of ether oxygens (including phenoxy) is 1. The van der Waals surface area contributed by atoms with Crippen LogP contribution in [0.25, 0.3) is 22.2 Å². The number of aromatic nitrogens is 1. The Labute approximate surface area is 126 Å². The van der Waals surface area contributed by atoms with Crippen molar-refractivity contribution in [2.75, 3.05) is 7.11 Å². The summed E-state index contributed by atoms with van der Waals surface area (Å²) < 4.78 is 5.10. The van der Waals surface area contributed by atoms with Gasteiger partial charge in [-0.15, -0.1) is 0 Å². The van der Waals surface area contributed by atoms with E-state index in [9.17, 15) is 15.0 Å². The largest absolute Gasteiger partial charge is 0.503 e. The Morgan fingerprint density at radius 1 is 1.14 bits per heavy atom. The molecule has 1 heterocycles. The molecule has 5 heteroatoms. The van der Waals surface area contributed by atoms with Crippen LogP contribution in [0.4, 0.5) is 0 Å². The second kappa shape index (κ2) is 5.54. The third-order valence-electron chi connectivity index (χ3n) is 3.60. The molecule has 0 aliphatic carbocycles. The van der Waals surface area contributed by atoms with Crippen LogP contribution in [-0.4, -0.2) is 22.3 Å².